The largest absolute Gasteiger partial charge is 0.483 e. The first kappa shape index (κ1) is 33.3. The van der Waals surface area contributed by atoms with Crippen LogP contribution >= 0.6 is 34.7 Å². The van der Waals surface area contributed by atoms with E-state index in [0.717, 1.165) is 44.0 Å². The third-order valence-electron chi connectivity index (χ3n) is 10.9. The molecule has 8 nitrogen and oxygen atoms in total. The monoisotopic (exact) mass is 761 g/mol. The van der Waals surface area contributed by atoms with Crippen molar-refractivity contribution < 1.29 is 32.3 Å². The SMILES string of the molecule is O=C(COc1ccc(Cl)cc1[C@H]1c2sc(=O)[nH]c2SC2C3CC(C4C(=O)N(c5cccc(C(F)(F)F)c5)C(=O)C34)C21)Nc1ccc2ccccc2c1. The fourth-order valence-electron chi connectivity index (χ4n) is 8.94. The molecule has 9 rings (SSSR count). The molecule has 1 saturated heterocycles. The lowest BCUT2D eigenvalue weighted by molar-refractivity contribution is -0.137. The van der Waals surface area contributed by atoms with Crippen LogP contribution in [-0.2, 0) is 20.6 Å². The highest BCUT2D eigenvalue weighted by Gasteiger charge is 2.70. The highest BCUT2D eigenvalue weighted by atomic mass is 35.5. The smallest absolute Gasteiger partial charge is 0.416 e. The molecular formula is C38H27ClF3N3O5S2. The van der Waals surface area contributed by atoms with Gasteiger partial charge in [0.25, 0.3) is 5.91 Å². The van der Waals surface area contributed by atoms with E-state index in [2.05, 4.69) is 10.3 Å². The van der Waals surface area contributed by atoms with Gasteiger partial charge in [-0.3, -0.25) is 24.1 Å². The number of hydrogen-bond donors (Lipinski definition) is 2. The van der Waals surface area contributed by atoms with Crippen LogP contribution in [0.25, 0.3) is 10.8 Å². The predicted octanol–water partition coefficient (Wildman–Crippen LogP) is 7.96. The lowest BCUT2D eigenvalue weighted by Gasteiger charge is -2.43. The number of hydrogen-bond acceptors (Lipinski definition) is 7. The predicted molar refractivity (Wildman–Crippen MR) is 192 cm³/mol. The zero-order chi connectivity index (χ0) is 36.1. The molecule has 2 aliphatic carbocycles. The Morgan fingerprint density at radius 1 is 0.923 bits per heavy atom. The molecule has 4 aromatic carbocycles. The van der Waals surface area contributed by atoms with Gasteiger partial charge in [-0.25, -0.2) is 0 Å². The second-order valence-electron chi connectivity index (χ2n) is 13.6. The molecule has 2 N–H and O–H groups in total. The van der Waals surface area contributed by atoms with Crippen molar-refractivity contribution in [2.24, 2.45) is 29.6 Å². The van der Waals surface area contributed by atoms with Crippen LogP contribution in [0, 0.1) is 29.6 Å². The Hall–Kier alpha value is -4.59. The number of fused-ring (bicyclic) bond motifs is 10. The molecule has 0 radical (unpaired) electrons. The number of aromatic nitrogens is 1. The number of nitrogens with one attached hydrogen (secondary N) is 2. The summed E-state index contributed by atoms with van der Waals surface area (Å²) in [6.07, 6.45) is -4.07. The van der Waals surface area contributed by atoms with E-state index < -0.39 is 41.3 Å². The van der Waals surface area contributed by atoms with Crippen molar-refractivity contribution in [2.75, 3.05) is 16.8 Å². The third-order valence-corrected chi connectivity index (χ3v) is 13.7. The number of thioether (sulfide) groups is 1. The second-order valence-corrected chi connectivity index (χ2v) is 16.2. The fourth-order valence-corrected chi connectivity index (χ4v) is 12.0. The fraction of sp³-hybridized carbons (Fsp3) is 0.263. The van der Waals surface area contributed by atoms with Gasteiger partial charge < -0.3 is 15.0 Å². The summed E-state index contributed by atoms with van der Waals surface area (Å²) >= 11 is 9.12. The Balaban J connectivity index is 1.04. The van der Waals surface area contributed by atoms with Crippen LogP contribution < -0.4 is 19.8 Å². The Labute approximate surface area is 307 Å². The van der Waals surface area contributed by atoms with Crippen LogP contribution in [0.2, 0.25) is 5.02 Å². The van der Waals surface area contributed by atoms with Crippen molar-refractivity contribution >= 4 is 74.6 Å². The third kappa shape index (κ3) is 5.35. The van der Waals surface area contributed by atoms with Gasteiger partial charge in [0.1, 0.15) is 5.75 Å². The maximum Gasteiger partial charge on any atom is 0.416 e. The van der Waals surface area contributed by atoms with E-state index in [1.165, 1.54) is 23.9 Å². The Morgan fingerprint density at radius 3 is 2.48 bits per heavy atom. The number of carbonyl (C=O) groups is 3. The number of rotatable bonds is 6. The van der Waals surface area contributed by atoms with Crippen LogP contribution in [0.5, 0.6) is 5.75 Å². The van der Waals surface area contributed by atoms with Crippen molar-refractivity contribution in [1.82, 2.24) is 4.98 Å². The lowest BCUT2D eigenvalue weighted by atomic mass is 9.68. The molecule has 3 heterocycles. The highest BCUT2D eigenvalue weighted by molar-refractivity contribution is 8.00. The number of nitrogens with zero attached hydrogens (tertiary/aromatic N) is 1. The van der Waals surface area contributed by atoms with Crippen molar-refractivity contribution in [3.8, 4) is 5.75 Å². The van der Waals surface area contributed by atoms with E-state index in [9.17, 15) is 32.3 Å². The summed E-state index contributed by atoms with van der Waals surface area (Å²) in [5, 5.41) is 5.78. The van der Waals surface area contributed by atoms with Crippen molar-refractivity contribution in [2.45, 2.75) is 28.8 Å². The molecule has 52 heavy (non-hydrogen) atoms. The first-order valence-corrected chi connectivity index (χ1v) is 18.7. The van der Waals surface area contributed by atoms with Crippen molar-refractivity contribution in [3.63, 3.8) is 0 Å². The molecule has 0 spiro atoms. The summed E-state index contributed by atoms with van der Waals surface area (Å²) < 4.78 is 47.0. The molecule has 4 aliphatic rings. The normalized spacial score (nSPS) is 26.0. The Morgan fingerprint density at radius 2 is 1.69 bits per heavy atom. The van der Waals surface area contributed by atoms with E-state index in [1.54, 1.807) is 18.2 Å². The van der Waals surface area contributed by atoms with Gasteiger partial charge in [0.15, 0.2) is 6.61 Å². The molecule has 14 heteroatoms. The van der Waals surface area contributed by atoms with Gasteiger partial charge in [-0.2, -0.15) is 13.2 Å². The van der Waals surface area contributed by atoms with Gasteiger partial charge in [-0.15, -0.1) is 11.8 Å². The van der Waals surface area contributed by atoms with E-state index in [-0.39, 0.29) is 46.1 Å². The summed E-state index contributed by atoms with van der Waals surface area (Å²) in [5.74, 6) is -3.69. The first-order chi connectivity index (χ1) is 25.0. The molecule has 6 unspecified atom stereocenters. The van der Waals surface area contributed by atoms with Crippen LogP contribution in [0.15, 0.2) is 94.7 Å². The van der Waals surface area contributed by atoms with Gasteiger partial charge >= 0.3 is 11.0 Å². The number of ether oxygens (including phenoxy) is 1. The Kier molecular flexibility index (Phi) is 7.83. The summed E-state index contributed by atoms with van der Waals surface area (Å²) in [7, 11) is 0. The summed E-state index contributed by atoms with van der Waals surface area (Å²) in [5.41, 5.74) is 0.224. The molecule has 3 amide bonds. The molecule has 7 atom stereocenters. The minimum atomic E-state index is -4.64. The number of halogens is 4. The highest BCUT2D eigenvalue weighted by Crippen LogP contribution is 2.69. The summed E-state index contributed by atoms with van der Waals surface area (Å²) in [6.45, 7) is -0.317. The number of anilines is 2. The van der Waals surface area contributed by atoms with Gasteiger partial charge in [0, 0.05) is 32.3 Å². The van der Waals surface area contributed by atoms with Gasteiger partial charge in [-0.05, 0) is 83.5 Å². The number of amides is 3. The molecule has 5 aromatic rings. The molecular weight excluding hydrogens is 735 g/mol. The van der Waals surface area contributed by atoms with Crippen molar-refractivity contribution in [3.05, 3.63) is 116 Å². The van der Waals surface area contributed by atoms with Crippen molar-refractivity contribution in [1.29, 1.82) is 0 Å². The zero-order valence-corrected chi connectivity index (χ0v) is 29.2. The lowest BCUT2D eigenvalue weighted by Crippen LogP contribution is -2.42. The van der Waals surface area contributed by atoms with E-state index >= 15 is 0 Å². The minimum Gasteiger partial charge on any atom is -0.483 e. The quantitative estimate of drug-likeness (QED) is 0.170. The summed E-state index contributed by atoms with van der Waals surface area (Å²) in [6, 6.07) is 22.8. The number of alkyl halides is 3. The van der Waals surface area contributed by atoms with Gasteiger partial charge in [0.05, 0.1) is 28.1 Å². The molecule has 2 bridgehead atoms. The van der Waals surface area contributed by atoms with Crippen LogP contribution in [-0.4, -0.2) is 34.6 Å². The summed E-state index contributed by atoms with van der Waals surface area (Å²) in [4.78, 5) is 58.4. The van der Waals surface area contributed by atoms with Crippen LogP contribution in [0.1, 0.15) is 28.3 Å². The van der Waals surface area contributed by atoms with E-state index in [4.69, 9.17) is 16.3 Å². The number of imide groups is 1. The molecule has 2 aliphatic heterocycles. The number of aromatic amines is 1. The average molecular weight is 762 g/mol. The zero-order valence-electron chi connectivity index (χ0n) is 26.9. The van der Waals surface area contributed by atoms with Gasteiger partial charge in [-0.1, -0.05) is 59.3 Å². The number of H-pyrrole nitrogens is 1. The number of thiazole rings is 1. The average Bonchev–Trinajstić information content (AvgIpc) is 3.86. The maximum atomic E-state index is 14.1. The minimum absolute atomic E-state index is 0.0956. The number of benzene rings is 4. The molecule has 2 saturated carbocycles. The van der Waals surface area contributed by atoms with Gasteiger partial charge in [0.2, 0.25) is 11.8 Å². The Bertz CT molecular complexity index is 2380. The first-order valence-electron chi connectivity index (χ1n) is 16.6. The van der Waals surface area contributed by atoms with E-state index in [1.807, 2.05) is 42.5 Å². The van der Waals surface area contributed by atoms with Crippen LogP contribution in [0.4, 0.5) is 24.5 Å². The molecule has 1 aromatic heterocycles. The standard InChI is InChI=1S/C38H27ClF3N3O5S2/c39-20-9-11-26(50-16-27(46)43-21-10-8-17-4-1-2-5-18(17)12-21)23(14-20)28-29-24-15-25(32(29)51-34-33(28)52-37(49)44-34)31-30(24)35(47)45(36(31)48)22-7-3-6-19(13-22)38(40,41)42/h1-14,24-25,28-32H,15-16H2,(H,43,46)(H,44,49)/t24?,25?,28-,29?,30?,31?,32?/m1/s1. The molecule has 3 fully saturated rings. The van der Waals surface area contributed by atoms with Crippen LogP contribution in [0.3, 0.4) is 0 Å². The molecule has 264 valence electrons. The topological polar surface area (TPSA) is 109 Å². The number of carbonyl (C=O) groups excluding carboxylic acids is 3. The second kappa shape index (κ2) is 12.2. The maximum absolute atomic E-state index is 14.1. The van der Waals surface area contributed by atoms with E-state index in [0.29, 0.717) is 33.5 Å².